The molecular weight excluding hydrogens is 328 g/mol. The molecule has 1 atom stereocenters. The summed E-state index contributed by atoms with van der Waals surface area (Å²) in [6.07, 6.45) is 0. The largest absolute Gasteiger partial charge is 0.353 e. The number of rotatable bonds is 7. The van der Waals surface area contributed by atoms with E-state index in [1.165, 1.54) is 16.6 Å². The molecule has 0 aliphatic carbocycles. The van der Waals surface area contributed by atoms with Gasteiger partial charge in [0.05, 0.1) is 11.8 Å². The van der Waals surface area contributed by atoms with Crippen molar-refractivity contribution in [3.05, 3.63) is 39.8 Å². The maximum absolute atomic E-state index is 12.1. The molecule has 0 saturated carbocycles. The molecule has 0 bridgehead atoms. The molecule has 1 unspecified atom stereocenters. The van der Waals surface area contributed by atoms with Gasteiger partial charge in [-0.25, -0.2) is 9.97 Å². The predicted octanol–water partition coefficient (Wildman–Crippen LogP) is 2.67. The maximum atomic E-state index is 12.1. The van der Waals surface area contributed by atoms with Crippen LogP contribution in [-0.4, -0.2) is 47.2 Å². The zero-order valence-electron chi connectivity index (χ0n) is 13.9. The minimum Gasteiger partial charge on any atom is -0.353 e. The van der Waals surface area contributed by atoms with Crippen LogP contribution in [0.1, 0.15) is 22.3 Å². The van der Waals surface area contributed by atoms with Crippen molar-refractivity contribution in [2.75, 3.05) is 26.4 Å². The Hall–Kier alpha value is -1.44. The van der Waals surface area contributed by atoms with Crippen LogP contribution in [0.5, 0.6) is 0 Å². The van der Waals surface area contributed by atoms with Gasteiger partial charge in [0, 0.05) is 22.8 Å². The molecule has 7 heteroatoms. The number of likely N-dealkylation sites (N-methyl/N-ethyl adjacent to an activating group) is 1. The second-order valence-corrected chi connectivity index (χ2v) is 7.44. The summed E-state index contributed by atoms with van der Waals surface area (Å²) in [4.78, 5) is 24.1. The lowest BCUT2D eigenvalue weighted by Gasteiger charge is -2.23. The van der Waals surface area contributed by atoms with Crippen molar-refractivity contribution in [2.45, 2.75) is 25.0 Å². The number of hydrogen-bond donors (Lipinski definition) is 1. The molecule has 0 spiro atoms. The van der Waals surface area contributed by atoms with E-state index in [-0.39, 0.29) is 11.9 Å². The molecule has 1 amide bonds. The van der Waals surface area contributed by atoms with Gasteiger partial charge in [-0.2, -0.15) is 0 Å². The van der Waals surface area contributed by atoms with Crippen molar-refractivity contribution < 1.29 is 4.79 Å². The Bertz CT molecular complexity index is 623. The van der Waals surface area contributed by atoms with Crippen LogP contribution in [0.2, 0.25) is 0 Å². The number of nitrogens with one attached hydrogen (secondary N) is 1. The number of hydrogen-bond acceptors (Lipinski definition) is 6. The topological polar surface area (TPSA) is 58.1 Å². The van der Waals surface area contributed by atoms with Crippen molar-refractivity contribution in [1.29, 1.82) is 0 Å². The molecule has 0 radical (unpaired) electrons. The second kappa shape index (κ2) is 8.42. The molecule has 124 valence electrons. The number of nitrogens with zero attached hydrogens (tertiary/aromatic N) is 3. The average molecular weight is 351 g/mol. The Morgan fingerprint density at radius 3 is 2.61 bits per heavy atom. The molecule has 5 nitrogen and oxygen atoms in total. The molecule has 2 rings (SSSR count). The number of carbonyl (C=O) groups excluding carboxylic acids is 1. The average Bonchev–Trinajstić information content (AvgIpc) is 2.98. The van der Waals surface area contributed by atoms with E-state index in [2.05, 4.69) is 31.6 Å². The molecule has 2 aromatic heterocycles. The molecule has 0 saturated heterocycles. The number of carbonyl (C=O) groups is 1. The fraction of sp³-hybridized carbons (Fsp3) is 0.438. The van der Waals surface area contributed by atoms with Crippen molar-refractivity contribution in [3.63, 3.8) is 0 Å². The predicted molar refractivity (Wildman–Crippen MR) is 96.0 cm³/mol. The summed E-state index contributed by atoms with van der Waals surface area (Å²) >= 11 is 3.08. The van der Waals surface area contributed by atoms with Gasteiger partial charge < -0.3 is 10.2 Å². The quantitative estimate of drug-likeness (QED) is 0.614. The van der Waals surface area contributed by atoms with Crippen molar-refractivity contribution >= 4 is 29.0 Å². The fourth-order valence-corrected chi connectivity index (χ4v) is 3.87. The summed E-state index contributed by atoms with van der Waals surface area (Å²) in [5, 5.41) is 5.71. The van der Waals surface area contributed by atoms with Crippen LogP contribution in [-0.2, 0) is 4.79 Å². The second-order valence-electron chi connectivity index (χ2n) is 5.52. The van der Waals surface area contributed by atoms with Gasteiger partial charge in [-0.3, -0.25) is 4.79 Å². The van der Waals surface area contributed by atoms with Gasteiger partial charge in [-0.15, -0.1) is 11.3 Å². The summed E-state index contributed by atoms with van der Waals surface area (Å²) in [5.74, 6) is 0.328. The van der Waals surface area contributed by atoms with E-state index in [9.17, 15) is 4.79 Å². The summed E-state index contributed by atoms with van der Waals surface area (Å²) < 4.78 is 0. The standard InChI is InChI=1S/C16H22N4OS2/c1-11-8-12(2)19-16(18-11)23-10-15(21)17-9-13(20(3)4)14-6-5-7-22-14/h5-8,13H,9-10H2,1-4H3,(H,17,21). The molecule has 1 N–H and O–H groups in total. The van der Waals surface area contributed by atoms with Gasteiger partial charge in [-0.05, 0) is 45.5 Å². The van der Waals surface area contributed by atoms with Gasteiger partial charge in [0.15, 0.2) is 5.16 Å². The third-order valence-corrected chi connectivity index (χ3v) is 5.10. The number of thioether (sulfide) groups is 1. The normalized spacial score (nSPS) is 12.4. The van der Waals surface area contributed by atoms with Gasteiger partial charge in [0.25, 0.3) is 0 Å². The highest BCUT2D eigenvalue weighted by Gasteiger charge is 2.16. The first-order valence-corrected chi connectivity index (χ1v) is 9.24. The maximum Gasteiger partial charge on any atom is 0.230 e. The first kappa shape index (κ1) is 17.9. The lowest BCUT2D eigenvalue weighted by molar-refractivity contribution is -0.118. The Kier molecular flexibility index (Phi) is 6.56. The monoisotopic (exact) mass is 350 g/mol. The minimum absolute atomic E-state index is 0.00108. The van der Waals surface area contributed by atoms with E-state index in [0.29, 0.717) is 17.5 Å². The van der Waals surface area contributed by atoms with E-state index in [1.807, 2.05) is 40.1 Å². The Morgan fingerprint density at radius 1 is 1.35 bits per heavy atom. The molecular formula is C16H22N4OS2. The molecule has 2 heterocycles. The van der Waals surface area contributed by atoms with Crippen molar-refractivity contribution in [1.82, 2.24) is 20.2 Å². The van der Waals surface area contributed by atoms with Crippen LogP contribution in [0.15, 0.2) is 28.7 Å². The lowest BCUT2D eigenvalue weighted by atomic mass is 10.2. The SMILES string of the molecule is Cc1cc(C)nc(SCC(=O)NCC(c2cccs2)N(C)C)n1. The Morgan fingerprint density at radius 2 is 2.04 bits per heavy atom. The van der Waals surface area contributed by atoms with E-state index in [4.69, 9.17) is 0 Å². The van der Waals surface area contributed by atoms with Crippen molar-refractivity contribution in [2.24, 2.45) is 0 Å². The first-order valence-electron chi connectivity index (χ1n) is 7.37. The number of amides is 1. The molecule has 0 aliphatic heterocycles. The highest BCUT2D eigenvalue weighted by Crippen LogP contribution is 2.22. The van der Waals surface area contributed by atoms with Gasteiger partial charge in [0.2, 0.25) is 5.91 Å². The van der Waals surface area contributed by atoms with E-state index >= 15 is 0 Å². The molecule has 2 aromatic rings. The summed E-state index contributed by atoms with van der Waals surface area (Å²) in [7, 11) is 4.04. The van der Waals surface area contributed by atoms with E-state index in [0.717, 1.165) is 11.4 Å². The first-order chi connectivity index (χ1) is 11.0. The van der Waals surface area contributed by atoms with Crippen LogP contribution in [0.3, 0.4) is 0 Å². The van der Waals surface area contributed by atoms with Crippen LogP contribution < -0.4 is 5.32 Å². The van der Waals surface area contributed by atoms with Crippen LogP contribution >= 0.6 is 23.1 Å². The molecule has 0 aliphatic rings. The summed E-state index contributed by atoms with van der Waals surface area (Å²) in [5.41, 5.74) is 1.84. The molecule has 0 aromatic carbocycles. The smallest absolute Gasteiger partial charge is 0.230 e. The Labute approximate surface area is 145 Å². The van der Waals surface area contributed by atoms with Crippen LogP contribution in [0.25, 0.3) is 0 Å². The zero-order valence-corrected chi connectivity index (χ0v) is 15.5. The zero-order chi connectivity index (χ0) is 16.8. The van der Waals surface area contributed by atoms with Gasteiger partial charge in [-0.1, -0.05) is 17.8 Å². The van der Waals surface area contributed by atoms with Gasteiger partial charge in [0.1, 0.15) is 0 Å². The third kappa shape index (κ3) is 5.60. The number of aryl methyl sites for hydroxylation is 2. The van der Waals surface area contributed by atoms with Crippen LogP contribution in [0, 0.1) is 13.8 Å². The minimum atomic E-state index is 0.00108. The lowest BCUT2D eigenvalue weighted by Crippen LogP contribution is -2.35. The highest BCUT2D eigenvalue weighted by molar-refractivity contribution is 7.99. The van der Waals surface area contributed by atoms with Gasteiger partial charge >= 0.3 is 0 Å². The number of thiophene rings is 1. The Balaban J connectivity index is 1.84. The summed E-state index contributed by atoms with van der Waals surface area (Å²) in [6.45, 7) is 4.46. The van der Waals surface area contributed by atoms with E-state index < -0.39 is 0 Å². The number of aromatic nitrogens is 2. The fourth-order valence-electron chi connectivity index (χ4n) is 2.17. The molecule has 0 fully saturated rings. The highest BCUT2D eigenvalue weighted by atomic mass is 32.2. The summed E-state index contributed by atoms with van der Waals surface area (Å²) in [6, 6.07) is 6.25. The van der Waals surface area contributed by atoms with Crippen molar-refractivity contribution in [3.8, 4) is 0 Å². The van der Waals surface area contributed by atoms with Crippen LogP contribution in [0.4, 0.5) is 0 Å². The third-order valence-electron chi connectivity index (χ3n) is 3.28. The molecule has 23 heavy (non-hydrogen) atoms. The van der Waals surface area contributed by atoms with E-state index in [1.54, 1.807) is 11.3 Å².